The van der Waals surface area contributed by atoms with Crippen LogP contribution in [-0.4, -0.2) is 80.2 Å². The van der Waals surface area contributed by atoms with E-state index in [2.05, 4.69) is 4.90 Å². The lowest BCUT2D eigenvalue weighted by Gasteiger charge is -2.34. The monoisotopic (exact) mass is 480 g/mol. The fourth-order valence-corrected chi connectivity index (χ4v) is 4.80. The summed E-state index contributed by atoms with van der Waals surface area (Å²) in [6.07, 6.45) is 0. The predicted octanol–water partition coefficient (Wildman–Crippen LogP) is 1.51. The minimum absolute atomic E-state index is 0.0590. The number of ether oxygens (including phenoxy) is 2. The van der Waals surface area contributed by atoms with Gasteiger partial charge in [0.25, 0.3) is 0 Å². The molecule has 1 fully saturated rings. The Morgan fingerprint density at radius 2 is 1.42 bits per heavy atom. The molecule has 0 unspecified atom stereocenters. The van der Waals surface area contributed by atoms with E-state index in [1.807, 2.05) is 48.5 Å². The molecule has 10 nitrogen and oxygen atoms in total. The van der Waals surface area contributed by atoms with Crippen LogP contribution in [0.3, 0.4) is 0 Å². The number of methoxy groups -OCH3 is 2. The normalized spacial score (nSPS) is 14.6. The van der Waals surface area contributed by atoms with Gasteiger partial charge in [0.15, 0.2) is 11.5 Å². The molecular formula is C22H28N2O8S. The van der Waals surface area contributed by atoms with Crippen molar-refractivity contribution in [3.63, 3.8) is 0 Å². The fourth-order valence-electron chi connectivity index (χ4n) is 3.28. The van der Waals surface area contributed by atoms with Gasteiger partial charge in [-0.2, -0.15) is 4.31 Å². The second-order valence-corrected chi connectivity index (χ2v) is 9.19. The lowest BCUT2D eigenvalue weighted by Crippen LogP contribution is -2.48. The molecule has 1 aliphatic heterocycles. The fraction of sp³-hybridized carbons (Fsp3) is 0.364. The first-order chi connectivity index (χ1) is 15.7. The van der Waals surface area contributed by atoms with E-state index in [9.17, 15) is 8.42 Å². The van der Waals surface area contributed by atoms with Gasteiger partial charge >= 0.3 is 11.9 Å². The molecule has 11 heteroatoms. The number of carbonyl (C=O) groups is 2. The van der Waals surface area contributed by atoms with Gasteiger partial charge in [0.05, 0.1) is 20.0 Å². The third-order valence-corrected chi connectivity index (χ3v) is 6.80. The molecule has 1 saturated heterocycles. The van der Waals surface area contributed by atoms with Gasteiger partial charge in [-0.05, 0) is 23.3 Å². The maximum Gasteiger partial charge on any atom is 0.414 e. The van der Waals surface area contributed by atoms with E-state index in [4.69, 9.17) is 29.3 Å². The second-order valence-electron chi connectivity index (χ2n) is 7.22. The molecule has 33 heavy (non-hydrogen) atoms. The Kier molecular flexibility index (Phi) is 9.64. The van der Waals surface area contributed by atoms with Crippen molar-refractivity contribution in [2.45, 2.75) is 12.3 Å². The standard InChI is InChI=1S/C20H26N2O4S.C2H2O4/c1-25-19-9-8-18(14-20(19)26-2)15-21-10-12-22(13-11-21)27(23,24)16-17-6-4-3-5-7-17;3-1(4)2(5)6/h3-9,14H,10-13,15-16H2,1-2H3;(H,3,4)(H,5,6). The Hall–Kier alpha value is -3.15. The van der Waals surface area contributed by atoms with Crippen LogP contribution in [0.1, 0.15) is 11.1 Å². The Morgan fingerprint density at radius 3 is 1.94 bits per heavy atom. The van der Waals surface area contributed by atoms with E-state index < -0.39 is 22.0 Å². The van der Waals surface area contributed by atoms with Crippen molar-refractivity contribution in [2.75, 3.05) is 40.4 Å². The van der Waals surface area contributed by atoms with Crippen LogP contribution in [-0.2, 0) is 31.9 Å². The SMILES string of the molecule is COc1ccc(CN2CCN(S(=O)(=O)Cc3ccccc3)CC2)cc1OC.O=C(O)C(=O)O. The molecule has 0 amide bonds. The van der Waals surface area contributed by atoms with Crippen LogP contribution in [0.4, 0.5) is 0 Å². The summed E-state index contributed by atoms with van der Waals surface area (Å²) in [6.45, 7) is 3.21. The van der Waals surface area contributed by atoms with E-state index in [0.717, 1.165) is 17.7 Å². The third kappa shape index (κ3) is 8.04. The van der Waals surface area contributed by atoms with Crippen LogP contribution in [0, 0.1) is 0 Å². The first-order valence-electron chi connectivity index (χ1n) is 10.1. The molecule has 0 aromatic heterocycles. The van der Waals surface area contributed by atoms with Crippen molar-refractivity contribution >= 4 is 22.0 Å². The molecule has 2 aromatic rings. The Morgan fingerprint density at radius 1 is 0.848 bits per heavy atom. The van der Waals surface area contributed by atoms with Crippen LogP contribution in [0.2, 0.25) is 0 Å². The molecule has 3 rings (SSSR count). The number of rotatable bonds is 7. The molecule has 0 radical (unpaired) electrons. The van der Waals surface area contributed by atoms with E-state index in [1.165, 1.54) is 0 Å². The number of carboxylic acid groups (broad SMARTS) is 2. The number of sulfonamides is 1. The average Bonchev–Trinajstić information content (AvgIpc) is 2.80. The number of piperazine rings is 1. The second kappa shape index (κ2) is 12.2. The smallest absolute Gasteiger partial charge is 0.414 e. The predicted molar refractivity (Wildman–Crippen MR) is 121 cm³/mol. The summed E-state index contributed by atoms with van der Waals surface area (Å²) in [5.41, 5.74) is 1.94. The quantitative estimate of drug-likeness (QED) is 0.566. The van der Waals surface area contributed by atoms with Crippen molar-refractivity contribution in [1.82, 2.24) is 9.21 Å². The Labute approximate surface area is 193 Å². The highest BCUT2D eigenvalue weighted by Crippen LogP contribution is 2.28. The summed E-state index contributed by atoms with van der Waals surface area (Å²) in [5, 5.41) is 14.8. The molecule has 0 bridgehead atoms. The van der Waals surface area contributed by atoms with Crippen molar-refractivity contribution in [1.29, 1.82) is 0 Å². The zero-order chi connectivity index (χ0) is 24.4. The van der Waals surface area contributed by atoms with Gasteiger partial charge in [-0.1, -0.05) is 36.4 Å². The van der Waals surface area contributed by atoms with Gasteiger partial charge in [0.2, 0.25) is 10.0 Å². The Balaban J connectivity index is 0.000000569. The lowest BCUT2D eigenvalue weighted by molar-refractivity contribution is -0.159. The number of nitrogens with zero attached hydrogens (tertiary/aromatic N) is 2. The summed E-state index contributed by atoms with van der Waals surface area (Å²) >= 11 is 0. The average molecular weight is 481 g/mol. The van der Waals surface area contributed by atoms with Gasteiger partial charge in [-0.25, -0.2) is 18.0 Å². The maximum absolute atomic E-state index is 12.7. The maximum atomic E-state index is 12.7. The number of aliphatic carboxylic acids is 2. The van der Waals surface area contributed by atoms with Crippen LogP contribution in [0.5, 0.6) is 11.5 Å². The molecular weight excluding hydrogens is 452 g/mol. The number of benzene rings is 2. The molecule has 1 heterocycles. The molecule has 180 valence electrons. The largest absolute Gasteiger partial charge is 0.493 e. The third-order valence-electron chi connectivity index (χ3n) is 4.95. The zero-order valence-electron chi connectivity index (χ0n) is 18.5. The van der Waals surface area contributed by atoms with Crippen LogP contribution in [0.25, 0.3) is 0 Å². The molecule has 0 atom stereocenters. The van der Waals surface area contributed by atoms with Crippen molar-refractivity contribution in [2.24, 2.45) is 0 Å². The van der Waals surface area contributed by atoms with E-state index in [0.29, 0.717) is 37.7 Å². The summed E-state index contributed by atoms with van der Waals surface area (Å²) in [4.78, 5) is 20.5. The molecule has 2 aromatic carbocycles. The number of hydrogen-bond acceptors (Lipinski definition) is 7. The summed E-state index contributed by atoms with van der Waals surface area (Å²) < 4.78 is 37.5. The minimum Gasteiger partial charge on any atom is -0.493 e. The number of hydrogen-bond donors (Lipinski definition) is 2. The van der Waals surface area contributed by atoms with E-state index >= 15 is 0 Å². The van der Waals surface area contributed by atoms with Gasteiger partial charge < -0.3 is 19.7 Å². The minimum atomic E-state index is -3.28. The first-order valence-corrected chi connectivity index (χ1v) is 11.7. The summed E-state index contributed by atoms with van der Waals surface area (Å²) in [6, 6.07) is 15.2. The Bertz CT molecular complexity index is 1020. The number of carboxylic acids is 2. The molecule has 1 aliphatic rings. The van der Waals surface area contributed by atoms with Gasteiger partial charge in [-0.3, -0.25) is 4.90 Å². The first kappa shape index (κ1) is 26.1. The van der Waals surface area contributed by atoms with Crippen molar-refractivity contribution in [3.05, 3.63) is 59.7 Å². The summed E-state index contributed by atoms with van der Waals surface area (Å²) in [7, 11) is -0.0415. The van der Waals surface area contributed by atoms with Crippen LogP contribution < -0.4 is 9.47 Å². The molecule has 0 aliphatic carbocycles. The van der Waals surface area contributed by atoms with Gasteiger partial charge in [0.1, 0.15) is 0 Å². The van der Waals surface area contributed by atoms with Crippen LogP contribution in [0.15, 0.2) is 48.5 Å². The van der Waals surface area contributed by atoms with E-state index in [-0.39, 0.29) is 5.75 Å². The highest BCUT2D eigenvalue weighted by molar-refractivity contribution is 7.88. The van der Waals surface area contributed by atoms with Gasteiger partial charge in [-0.15, -0.1) is 0 Å². The molecule has 2 N–H and O–H groups in total. The highest BCUT2D eigenvalue weighted by Gasteiger charge is 2.27. The van der Waals surface area contributed by atoms with Crippen LogP contribution >= 0.6 is 0 Å². The van der Waals surface area contributed by atoms with Crippen molar-refractivity contribution in [3.8, 4) is 11.5 Å². The zero-order valence-corrected chi connectivity index (χ0v) is 19.3. The topological polar surface area (TPSA) is 134 Å². The van der Waals surface area contributed by atoms with E-state index in [1.54, 1.807) is 18.5 Å². The highest BCUT2D eigenvalue weighted by atomic mass is 32.2. The van der Waals surface area contributed by atoms with Crippen molar-refractivity contribution < 1.29 is 37.7 Å². The molecule has 0 spiro atoms. The molecule has 0 saturated carbocycles. The van der Waals surface area contributed by atoms with Gasteiger partial charge in [0, 0.05) is 32.7 Å². The lowest BCUT2D eigenvalue weighted by atomic mass is 10.1. The summed E-state index contributed by atoms with van der Waals surface area (Å²) in [5.74, 6) is -2.18.